The van der Waals surface area contributed by atoms with Crippen molar-refractivity contribution in [2.45, 2.75) is 24.9 Å². The van der Waals surface area contributed by atoms with E-state index in [1.165, 1.54) is 12.1 Å². The summed E-state index contributed by atoms with van der Waals surface area (Å²) >= 11 is 0. The first-order valence-electron chi connectivity index (χ1n) is 11.5. The van der Waals surface area contributed by atoms with Crippen molar-refractivity contribution < 1.29 is 35.9 Å². The highest BCUT2D eigenvalue weighted by Crippen LogP contribution is 2.40. The molecule has 2 fully saturated rings. The van der Waals surface area contributed by atoms with Gasteiger partial charge in [-0.15, -0.1) is 0 Å². The molecule has 2 aliphatic heterocycles. The summed E-state index contributed by atoms with van der Waals surface area (Å²) < 4.78 is 87.9. The number of halogens is 6. The number of carbonyl (C=O) groups excluding carboxylic acids is 1. The van der Waals surface area contributed by atoms with Crippen LogP contribution in [0.2, 0.25) is 0 Å². The quantitative estimate of drug-likeness (QED) is 0.505. The molecule has 14 heteroatoms. The summed E-state index contributed by atoms with van der Waals surface area (Å²) in [5.74, 6) is -0.652. The van der Waals surface area contributed by atoms with Crippen LogP contribution in [-0.4, -0.2) is 68.4 Å². The molecule has 202 valence electrons. The molecule has 8 nitrogen and oxygen atoms in total. The third-order valence-electron chi connectivity index (χ3n) is 6.07. The summed E-state index contributed by atoms with van der Waals surface area (Å²) in [6.45, 7) is 2.57. The molecule has 0 spiro atoms. The lowest BCUT2D eigenvalue weighted by Crippen LogP contribution is -2.44. The Morgan fingerprint density at radius 3 is 2.38 bits per heavy atom. The minimum absolute atomic E-state index is 0.0534. The molecule has 3 heterocycles. The minimum atomic E-state index is -4.80. The second-order valence-corrected chi connectivity index (χ2v) is 8.85. The maximum absolute atomic E-state index is 13.9. The highest BCUT2D eigenvalue weighted by molar-refractivity contribution is 5.77. The van der Waals surface area contributed by atoms with Crippen molar-refractivity contribution in [1.29, 1.82) is 0 Å². The third-order valence-corrected chi connectivity index (χ3v) is 6.07. The molecule has 0 aliphatic carbocycles. The number of likely N-dealkylation sites (N-methyl/N-ethyl adjacent to an activating group) is 1. The lowest BCUT2D eigenvalue weighted by molar-refractivity contribution is -0.137. The summed E-state index contributed by atoms with van der Waals surface area (Å²) in [7, 11) is 1.93. The number of nitrogens with one attached hydrogen (secondary N) is 3. The Morgan fingerprint density at radius 2 is 1.70 bits per heavy atom. The Kier molecular flexibility index (Phi) is 7.69. The molecule has 2 aliphatic rings. The van der Waals surface area contributed by atoms with E-state index >= 15 is 0 Å². The number of pyridine rings is 1. The van der Waals surface area contributed by atoms with Gasteiger partial charge in [-0.05, 0) is 25.2 Å². The van der Waals surface area contributed by atoms with Crippen LogP contribution in [-0.2, 0) is 21.9 Å². The summed E-state index contributed by atoms with van der Waals surface area (Å²) in [6.07, 6.45) is -9.92. The van der Waals surface area contributed by atoms with Gasteiger partial charge >= 0.3 is 12.4 Å². The third kappa shape index (κ3) is 6.74. The van der Waals surface area contributed by atoms with E-state index in [1.807, 2.05) is 11.9 Å². The molecule has 1 unspecified atom stereocenters. The van der Waals surface area contributed by atoms with Gasteiger partial charge in [-0.1, -0.05) is 0 Å². The molecule has 1 atom stereocenters. The molecule has 2 saturated heterocycles. The maximum atomic E-state index is 13.9. The average molecular weight is 532 g/mol. The van der Waals surface area contributed by atoms with Crippen LogP contribution in [0.5, 0.6) is 0 Å². The van der Waals surface area contributed by atoms with Gasteiger partial charge in [0.25, 0.3) is 0 Å². The van der Waals surface area contributed by atoms with Gasteiger partial charge in [0.05, 0.1) is 42.1 Å². The minimum Gasteiger partial charge on any atom is -0.377 e. The Balaban J connectivity index is 1.63. The van der Waals surface area contributed by atoms with Crippen LogP contribution in [0, 0.1) is 0 Å². The van der Waals surface area contributed by atoms with Gasteiger partial charge in [0, 0.05) is 44.1 Å². The molecule has 3 N–H and O–H groups in total. The molecule has 0 radical (unpaired) electrons. The number of rotatable bonds is 5. The van der Waals surface area contributed by atoms with Crippen LogP contribution in [0.1, 0.15) is 17.5 Å². The van der Waals surface area contributed by atoms with Crippen LogP contribution in [0.3, 0.4) is 0 Å². The van der Waals surface area contributed by atoms with Crippen LogP contribution in [0.25, 0.3) is 0 Å². The van der Waals surface area contributed by atoms with Gasteiger partial charge in [0.15, 0.2) is 0 Å². The Hall–Kier alpha value is -3.26. The number of alkyl halides is 6. The number of anilines is 4. The number of piperazine rings is 1. The van der Waals surface area contributed by atoms with Crippen molar-refractivity contribution in [1.82, 2.24) is 15.2 Å². The monoisotopic (exact) mass is 532 g/mol. The molecule has 1 amide bonds. The molecule has 0 saturated carbocycles. The van der Waals surface area contributed by atoms with Crippen molar-refractivity contribution >= 4 is 28.8 Å². The van der Waals surface area contributed by atoms with E-state index in [9.17, 15) is 31.1 Å². The number of nitrogens with zero attached hydrogens (tertiary/aromatic N) is 3. The van der Waals surface area contributed by atoms with E-state index in [2.05, 4.69) is 25.8 Å². The first kappa shape index (κ1) is 26.8. The van der Waals surface area contributed by atoms with Crippen LogP contribution >= 0.6 is 0 Å². The largest absolute Gasteiger partial charge is 0.419 e. The number of hydrogen-bond donors (Lipinski definition) is 3. The van der Waals surface area contributed by atoms with Gasteiger partial charge in [0.2, 0.25) is 5.91 Å². The molecule has 2 aromatic rings. The number of hydrogen-bond acceptors (Lipinski definition) is 7. The number of aromatic nitrogens is 1. The fraction of sp³-hybridized carbons (Fsp3) is 0.478. The summed E-state index contributed by atoms with van der Waals surface area (Å²) in [5, 5.41) is 7.58. The van der Waals surface area contributed by atoms with E-state index in [0.717, 1.165) is 12.1 Å². The lowest BCUT2D eigenvalue weighted by atomic mass is 10.1. The topological polar surface area (TPSA) is 81.8 Å². The van der Waals surface area contributed by atoms with E-state index in [-0.39, 0.29) is 31.1 Å². The second-order valence-electron chi connectivity index (χ2n) is 8.85. The van der Waals surface area contributed by atoms with Crippen LogP contribution in [0.4, 0.5) is 49.2 Å². The molecule has 1 aromatic heterocycles. The van der Waals surface area contributed by atoms with Gasteiger partial charge in [-0.2, -0.15) is 26.3 Å². The first-order chi connectivity index (χ1) is 17.4. The molecular formula is C23H26F6N6O2. The number of benzene rings is 1. The van der Waals surface area contributed by atoms with Crippen molar-refractivity contribution in [2.75, 3.05) is 62.0 Å². The van der Waals surface area contributed by atoms with Gasteiger partial charge in [0.1, 0.15) is 12.0 Å². The van der Waals surface area contributed by atoms with E-state index in [0.29, 0.717) is 38.1 Å². The van der Waals surface area contributed by atoms with Crippen molar-refractivity contribution in [3.05, 3.63) is 41.6 Å². The van der Waals surface area contributed by atoms with Crippen LogP contribution < -0.4 is 20.9 Å². The highest BCUT2D eigenvalue weighted by atomic mass is 19.4. The zero-order valence-corrected chi connectivity index (χ0v) is 19.8. The number of amides is 1. The maximum Gasteiger partial charge on any atom is 0.419 e. The fourth-order valence-electron chi connectivity index (χ4n) is 4.08. The van der Waals surface area contributed by atoms with Gasteiger partial charge in [-0.25, -0.2) is 4.98 Å². The second kappa shape index (κ2) is 10.6. The van der Waals surface area contributed by atoms with E-state index < -0.39 is 41.2 Å². The predicted molar refractivity (Wildman–Crippen MR) is 125 cm³/mol. The molecule has 4 rings (SSSR count). The van der Waals surface area contributed by atoms with Crippen molar-refractivity contribution in [3.8, 4) is 0 Å². The molecule has 1 aromatic carbocycles. The van der Waals surface area contributed by atoms with E-state index in [4.69, 9.17) is 4.74 Å². The smallest absolute Gasteiger partial charge is 0.377 e. The summed E-state index contributed by atoms with van der Waals surface area (Å²) in [4.78, 5) is 19.4. The van der Waals surface area contributed by atoms with Gasteiger partial charge < -0.3 is 30.5 Å². The lowest BCUT2D eigenvalue weighted by Gasteiger charge is -2.34. The zero-order valence-electron chi connectivity index (χ0n) is 19.8. The SMILES string of the molecule is CN1CCN(c2ccc(Nc3cc(NC4COCCC(=O)N4)c(C(F)(F)F)cn3)c(C(F)(F)F)c2)CC1. The van der Waals surface area contributed by atoms with E-state index in [1.54, 1.807) is 0 Å². The summed E-state index contributed by atoms with van der Waals surface area (Å²) in [6, 6.07) is 4.75. The molecule has 37 heavy (non-hydrogen) atoms. The fourth-order valence-corrected chi connectivity index (χ4v) is 4.08. The highest BCUT2D eigenvalue weighted by Gasteiger charge is 2.37. The Bertz CT molecular complexity index is 1120. The van der Waals surface area contributed by atoms with Gasteiger partial charge in [-0.3, -0.25) is 4.79 Å². The first-order valence-corrected chi connectivity index (χ1v) is 11.5. The molecule has 0 bridgehead atoms. The Labute approximate surface area is 209 Å². The number of ether oxygens (including phenoxy) is 1. The van der Waals surface area contributed by atoms with Crippen molar-refractivity contribution in [3.63, 3.8) is 0 Å². The normalized spacial score (nSPS) is 19.8. The standard InChI is InChI=1S/C23H26F6N6O2/c1-34-5-7-35(8-6-34)14-2-3-17(15(10-14)22(24,25)26)31-19-11-18(16(12-30-19)23(27,28)29)32-20-13-37-9-4-21(36)33-20/h2-3,10-12,20H,4-9,13H2,1H3,(H,33,36)(H2,30,31,32). The zero-order chi connectivity index (χ0) is 26.8. The summed E-state index contributed by atoms with van der Waals surface area (Å²) in [5.41, 5.74) is -2.53. The average Bonchev–Trinajstić information content (AvgIpc) is 3.02. The number of carbonyl (C=O) groups is 1. The van der Waals surface area contributed by atoms with Crippen molar-refractivity contribution in [2.24, 2.45) is 0 Å². The van der Waals surface area contributed by atoms with Crippen LogP contribution in [0.15, 0.2) is 30.5 Å². The predicted octanol–water partition coefficient (Wildman–Crippen LogP) is 3.89. The Morgan fingerprint density at radius 1 is 1.00 bits per heavy atom. The molecular weight excluding hydrogens is 506 g/mol.